The Kier molecular flexibility index (Phi) is 38.8. The summed E-state index contributed by atoms with van der Waals surface area (Å²) < 4.78 is 39.0. The molecule has 6 aromatic heterocycles. The molecular formula is C80H124F2N2O2S2Se2. The number of aryl methyl sites for hydroxylation is 4. The third-order valence-electron chi connectivity index (χ3n) is 19.6. The molecule has 2 unspecified atom stereocenters. The van der Waals surface area contributed by atoms with E-state index in [0.717, 1.165) is 77.2 Å². The first kappa shape index (κ1) is 76.4. The Bertz CT molecular complexity index is 2960. The molecule has 0 saturated carbocycles. The second-order valence-electron chi connectivity index (χ2n) is 27.4. The summed E-state index contributed by atoms with van der Waals surface area (Å²) in [6.07, 6.45) is 60.6. The predicted molar refractivity (Wildman–Crippen MR) is 395 cm³/mol. The first-order valence-electron chi connectivity index (χ1n) is 37.6. The molecule has 6 rings (SSSR count). The molecule has 0 fully saturated rings. The van der Waals surface area contributed by atoms with Gasteiger partial charge in [0.1, 0.15) is 0 Å². The second-order valence-corrected chi connectivity index (χ2v) is 34.7. The quantitative estimate of drug-likeness (QED) is 0.0282. The van der Waals surface area contributed by atoms with E-state index in [1.165, 1.54) is 303 Å². The van der Waals surface area contributed by atoms with Gasteiger partial charge in [-0.2, -0.15) is 0 Å². The van der Waals surface area contributed by atoms with Crippen molar-refractivity contribution in [2.24, 2.45) is 11.8 Å². The fourth-order valence-corrected chi connectivity index (χ4v) is 20.2. The van der Waals surface area contributed by atoms with Crippen molar-refractivity contribution in [1.29, 1.82) is 0 Å². The van der Waals surface area contributed by atoms with Gasteiger partial charge in [-0.3, -0.25) is 0 Å². The maximum atomic E-state index is 16.0. The number of hydrogen-bond donors (Lipinski definition) is 0. The molecule has 90 heavy (non-hydrogen) atoms. The predicted octanol–water partition coefficient (Wildman–Crippen LogP) is 26.2. The van der Waals surface area contributed by atoms with Crippen molar-refractivity contribution in [2.75, 3.05) is 0 Å². The van der Waals surface area contributed by atoms with Crippen molar-refractivity contribution >= 4 is 62.7 Å². The van der Waals surface area contributed by atoms with Gasteiger partial charge in [-0.25, -0.2) is 0 Å². The zero-order chi connectivity index (χ0) is 64.0. The molecule has 0 aromatic carbocycles. The monoisotopic (exact) mass is 1410 g/mol. The fourth-order valence-electron chi connectivity index (χ4n) is 14.0. The van der Waals surface area contributed by atoms with Gasteiger partial charge in [0, 0.05) is 0 Å². The molecule has 6 aromatic rings. The Morgan fingerprint density at radius 2 is 0.678 bits per heavy atom. The van der Waals surface area contributed by atoms with E-state index >= 15 is 14.0 Å². The van der Waals surface area contributed by atoms with Crippen LogP contribution in [0.4, 0.5) is 8.78 Å². The summed E-state index contributed by atoms with van der Waals surface area (Å²) in [7, 11) is 0. The van der Waals surface area contributed by atoms with Crippen molar-refractivity contribution in [1.82, 2.24) is 9.13 Å². The van der Waals surface area contributed by atoms with Crippen LogP contribution in [0.3, 0.4) is 0 Å². The van der Waals surface area contributed by atoms with Crippen molar-refractivity contribution in [3.63, 3.8) is 0 Å². The van der Waals surface area contributed by atoms with E-state index < -0.39 is 0 Å². The summed E-state index contributed by atoms with van der Waals surface area (Å²) in [4.78, 5) is 33.5. The molecule has 0 spiro atoms. The number of nitrogens with zero attached hydrogens (tertiary/aromatic N) is 2. The number of pyridine rings is 2. The van der Waals surface area contributed by atoms with Gasteiger partial charge in [0.25, 0.3) is 0 Å². The van der Waals surface area contributed by atoms with Crippen molar-refractivity contribution < 1.29 is 8.78 Å². The van der Waals surface area contributed by atoms with E-state index in [1.807, 2.05) is 12.1 Å². The number of halogens is 2. The smallest absolute Gasteiger partial charge is 0.0654 e. The van der Waals surface area contributed by atoms with Gasteiger partial charge in [-0.15, -0.1) is 0 Å². The minimum absolute atomic E-state index is 0.00450. The Balaban J connectivity index is 1.26. The SMILES string of the molecule is CCCCCCCCCCCCC(CCCCCCCCCC)CCCCn1c(=O)c(-c2ccc(C)[se]2)cc2c1cc(-c1ccc(-c3sc(-c4cc(F)c(C)s4)cc3F)[se]1)c(=O)n2CCCCC(CCCCCCCCCC)CCCCCCCCCCCC. The van der Waals surface area contributed by atoms with Gasteiger partial charge in [0.05, 0.1) is 0 Å². The molecule has 4 nitrogen and oxygen atoms in total. The van der Waals surface area contributed by atoms with E-state index in [1.54, 1.807) is 13.0 Å². The molecule has 0 saturated heterocycles. The van der Waals surface area contributed by atoms with Crippen LogP contribution in [0.2, 0.25) is 0 Å². The molecule has 0 radical (unpaired) electrons. The third kappa shape index (κ3) is 27.3. The van der Waals surface area contributed by atoms with Gasteiger partial charge < -0.3 is 0 Å². The van der Waals surface area contributed by atoms with E-state index in [4.69, 9.17) is 0 Å². The molecule has 0 amide bonds. The van der Waals surface area contributed by atoms with Crippen LogP contribution in [-0.4, -0.2) is 38.1 Å². The number of fused-ring (bicyclic) bond motifs is 1. The van der Waals surface area contributed by atoms with Crippen molar-refractivity contribution in [3.8, 4) is 39.1 Å². The van der Waals surface area contributed by atoms with Crippen LogP contribution in [0.25, 0.3) is 50.1 Å². The van der Waals surface area contributed by atoms with E-state index in [2.05, 4.69) is 68.0 Å². The molecular weight excluding hydrogens is 1280 g/mol. The average molecular weight is 1410 g/mol. The van der Waals surface area contributed by atoms with Gasteiger partial charge in [-0.1, -0.05) is 207 Å². The third-order valence-corrected chi connectivity index (χ3v) is 26.8. The van der Waals surface area contributed by atoms with Gasteiger partial charge in [0.15, 0.2) is 0 Å². The standard InChI is InChI=1S/C80H124F2N2O2S2Se2/c1-7-11-15-19-23-27-29-33-37-41-49-65(47-39-35-31-25-21-17-13-9-3)51-43-45-57-83-72-60-68(76-55-56-77(90-76)78-70(82)62-74(88-78)73-61-69(81)64(6)87-73)80(86)84(71(72)59-67(79(83)85)75-54-53-63(5)89-75)58-46-44-52-66(48-40-36-32-26-22-18-14-10-4)50-42-38-34-30-28-24-20-16-12-8-2/h53-56,59-62,65-66H,7-52,57-58H2,1-6H3. The number of thiophene rings is 2. The first-order chi connectivity index (χ1) is 44.1. The van der Waals surface area contributed by atoms with Gasteiger partial charge >= 0.3 is 364 Å². The molecule has 0 bridgehead atoms. The molecule has 6 heterocycles. The van der Waals surface area contributed by atoms with Crippen LogP contribution in [0.1, 0.15) is 332 Å². The molecule has 0 aliphatic heterocycles. The summed E-state index contributed by atoms with van der Waals surface area (Å²) in [5.74, 6) is 0.885. The van der Waals surface area contributed by atoms with Gasteiger partial charge in [-0.05, 0) is 0 Å². The zero-order valence-corrected chi connectivity index (χ0v) is 62.9. The topological polar surface area (TPSA) is 44.0 Å². The minimum Gasteiger partial charge on any atom is -0.0654 e. The van der Waals surface area contributed by atoms with Crippen LogP contribution < -0.4 is 11.1 Å². The van der Waals surface area contributed by atoms with Crippen LogP contribution in [0.15, 0.2) is 58.1 Å². The van der Waals surface area contributed by atoms with Crippen molar-refractivity contribution in [3.05, 3.63) is 90.2 Å². The molecule has 0 aliphatic rings. The summed E-state index contributed by atoms with van der Waals surface area (Å²) >= 11 is 2.43. The minimum atomic E-state index is -0.356. The molecule has 10 heteroatoms. The summed E-state index contributed by atoms with van der Waals surface area (Å²) in [6, 6.07) is 15.6. The van der Waals surface area contributed by atoms with Gasteiger partial charge in [0.2, 0.25) is 0 Å². The molecule has 504 valence electrons. The Morgan fingerprint density at radius 1 is 0.367 bits per heavy atom. The van der Waals surface area contributed by atoms with E-state index in [-0.39, 0.29) is 51.8 Å². The van der Waals surface area contributed by atoms with Crippen LogP contribution >= 0.6 is 22.7 Å². The molecule has 0 aliphatic carbocycles. The molecule has 2 atom stereocenters. The van der Waals surface area contributed by atoms with E-state index in [0.29, 0.717) is 28.4 Å². The summed E-state index contributed by atoms with van der Waals surface area (Å²) in [5, 5.41) is 0. The maximum absolute atomic E-state index is 16.0. The number of rotatable bonds is 54. The Labute approximate surface area is 567 Å². The van der Waals surface area contributed by atoms with Crippen LogP contribution in [0.5, 0.6) is 0 Å². The Hall–Kier alpha value is -2.58. The molecule has 0 N–H and O–H groups in total. The number of unbranched alkanes of at least 4 members (excludes halogenated alkanes) is 34. The van der Waals surface area contributed by atoms with E-state index in [9.17, 15) is 4.39 Å². The second kappa shape index (κ2) is 45.7. The fraction of sp³-hybridized carbons (Fsp3) is 0.700. The normalized spacial score (nSPS) is 12.6. The summed E-state index contributed by atoms with van der Waals surface area (Å²) in [5.41, 5.74) is 3.18. The average Bonchev–Trinajstić information content (AvgIpc) is 1.07. The number of hydrogen-bond acceptors (Lipinski definition) is 4. The van der Waals surface area contributed by atoms with Crippen LogP contribution in [0, 0.1) is 37.3 Å². The van der Waals surface area contributed by atoms with Crippen molar-refractivity contribution in [2.45, 2.75) is 350 Å². The first-order valence-corrected chi connectivity index (χ1v) is 42.7. The summed E-state index contributed by atoms with van der Waals surface area (Å²) in [6.45, 7) is 14.4. The zero-order valence-electron chi connectivity index (χ0n) is 57.8. The number of aromatic nitrogens is 2. The Morgan fingerprint density at radius 3 is 1.02 bits per heavy atom. The van der Waals surface area contributed by atoms with Crippen LogP contribution in [-0.2, 0) is 13.1 Å².